The first-order valence-electron chi connectivity index (χ1n) is 10.7. The number of morpholine rings is 1. The molecule has 2 aromatic heterocycles. The van der Waals surface area contributed by atoms with E-state index in [0.29, 0.717) is 36.3 Å². The molecule has 1 saturated heterocycles. The number of hydrogen-bond donors (Lipinski definition) is 0. The fraction of sp³-hybridized carbons (Fsp3) is 0.333. The summed E-state index contributed by atoms with van der Waals surface area (Å²) in [6, 6.07) is 11.7. The van der Waals surface area contributed by atoms with E-state index in [1.54, 1.807) is 12.1 Å². The van der Waals surface area contributed by atoms with Crippen LogP contribution in [-0.2, 0) is 30.7 Å². The van der Waals surface area contributed by atoms with E-state index in [4.69, 9.17) is 9.47 Å². The van der Waals surface area contributed by atoms with E-state index in [-0.39, 0.29) is 36.2 Å². The van der Waals surface area contributed by atoms with Crippen LogP contribution in [0.5, 0.6) is 0 Å². The van der Waals surface area contributed by atoms with Crippen molar-refractivity contribution in [2.75, 3.05) is 33.4 Å². The Bertz CT molecular complexity index is 1310. The van der Waals surface area contributed by atoms with Crippen LogP contribution in [0, 0.1) is 6.92 Å². The Hall–Kier alpha value is -3.01. The molecule has 0 spiro atoms. The lowest BCUT2D eigenvalue weighted by molar-refractivity contribution is -0.140. The molecule has 0 radical (unpaired) electrons. The second kappa shape index (κ2) is 9.46. The Morgan fingerprint density at radius 1 is 1.09 bits per heavy atom. The first-order valence-corrected chi connectivity index (χ1v) is 12.2. The Morgan fingerprint density at radius 2 is 1.85 bits per heavy atom. The SMILES string of the molecule is COC(=O)CCc1c(C)c(C(=O)c2cccc(S(=O)(=O)N3CCOCC3)c2)c2ccccn12. The number of nitrogens with zero attached hydrogens (tertiary/aromatic N) is 2. The number of benzene rings is 1. The normalized spacial score (nSPS) is 15.0. The molecule has 0 unspecified atom stereocenters. The predicted octanol–water partition coefficient (Wildman–Crippen LogP) is 2.61. The third-order valence-electron chi connectivity index (χ3n) is 5.94. The number of methoxy groups -OCH3 is 1. The van der Waals surface area contributed by atoms with Gasteiger partial charge in [0.25, 0.3) is 0 Å². The quantitative estimate of drug-likeness (QED) is 0.389. The molecular formula is C24H26N2O6S. The smallest absolute Gasteiger partial charge is 0.305 e. The van der Waals surface area contributed by atoms with Gasteiger partial charge >= 0.3 is 5.97 Å². The van der Waals surface area contributed by atoms with Gasteiger partial charge in [-0.2, -0.15) is 4.31 Å². The third kappa shape index (κ3) is 4.44. The minimum atomic E-state index is -3.72. The van der Waals surface area contributed by atoms with E-state index < -0.39 is 10.0 Å². The lowest BCUT2D eigenvalue weighted by Gasteiger charge is -2.26. The van der Waals surface area contributed by atoms with Crippen LogP contribution in [-0.4, -0.2) is 62.3 Å². The first-order chi connectivity index (χ1) is 15.8. The van der Waals surface area contributed by atoms with E-state index in [0.717, 1.165) is 11.3 Å². The van der Waals surface area contributed by atoms with Crippen molar-refractivity contribution in [2.24, 2.45) is 0 Å². The Morgan fingerprint density at radius 3 is 2.58 bits per heavy atom. The lowest BCUT2D eigenvalue weighted by atomic mass is 9.99. The van der Waals surface area contributed by atoms with Crippen molar-refractivity contribution in [3.63, 3.8) is 0 Å². The summed E-state index contributed by atoms with van der Waals surface area (Å²) in [5.41, 5.74) is 3.11. The molecule has 3 aromatic rings. The van der Waals surface area contributed by atoms with Gasteiger partial charge in [-0.1, -0.05) is 18.2 Å². The average Bonchev–Trinajstić information content (AvgIpc) is 3.13. The van der Waals surface area contributed by atoms with Crippen LogP contribution >= 0.6 is 0 Å². The third-order valence-corrected chi connectivity index (χ3v) is 7.83. The molecule has 8 nitrogen and oxygen atoms in total. The number of aryl methyl sites for hydroxylation is 1. The number of rotatable bonds is 7. The Kier molecular flexibility index (Phi) is 6.64. The maximum Gasteiger partial charge on any atom is 0.305 e. The van der Waals surface area contributed by atoms with Crippen molar-refractivity contribution in [3.8, 4) is 0 Å². The highest BCUT2D eigenvalue weighted by Gasteiger charge is 2.28. The highest BCUT2D eigenvalue weighted by atomic mass is 32.2. The first kappa shape index (κ1) is 23.2. The van der Waals surface area contributed by atoms with Crippen molar-refractivity contribution in [1.29, 1.82) is 0 Å². The van der Waals surface area contributed by atoms with Gasteiger partial charge in [-0.25, -0.2) is 8.42 Å². The van der Waals surface area contributed by atoms with Gasteiger partial charge in [0.2, 0.25) is 10.0 Å². The van der Waals surface area contributed by atoms with Crippen molar-refractivity contribution in [2.45, 2.75) is 24.7 Å². The van der Waals surface area contributed by atoms with Gasteiger partial charge in [0.15, 0.2) is 5.78 Å². The number of ether oxygens (including phenoxy) is 2. The van der Waals surface area contributed by atoms with Crippen molar-refractivity contribution in [1.82, 2.24) is 8.71 Å². The molecule has 0 saturated carbocycles. The molecule has 0 aliphatic carbocycles. The largest absolute Gasteiger partial charge is 0.469 e. The Labute approximate surface area is 192 Å². The molecule has 0 amide bonds. The minimum Gasteiger partial charge on any atom is -0.469 e. The number of esters is 1. The van der Waals surface area contributed by atoms with Gasteiger partial charge in [0, 0.05) is 30.5 Å². The van der Waals surface area contributed by atoms with E-state index in [2.05, 4.69) is 0 Å². The van der Waals surface area contributed by atoms with Crippen LogP contribution < -0.4 is 0 Å². The van der Waals surface area contributed by atoms with Crippen molar-refractivity contribution >= 4 is 27.3 Å². The minimum absolute atomic E-state index is 0.0855. The topological polar surface area (TPSA) is 94.4 Å². The van der Waals surface area contributed by atoms with Crippen molar-refractivity contribution in [3.05, 3.63) is 71.0 Å². The average molecular weight is 471 g/mol. The van der Waals surface area contributed by atoms with E-state index in [9.17, 15) is 18.0 Å². The molecule has 174 valence electrons. The fourth-order valence-corrected chi connectivity index (χ4v) is 5.65. The summed E-state index contributed by atoms with van der Waals surface area (Å²) in [4.78, 5) is 25.4. The van der Waals surface area contributed by atoms with Gasteiger partial charge in [-0.05, 0) is 43.2 Å². The number of carbonyl (C=O) groups is 2. The van der Waals surface area contributed by atoms with Crippen LogP contribution in [0.3, 0.4) is 0 Å². The zero-order chi connectivity index (χ0) is 23.6. The van der Waals surface area contributed by atoms with E-state index in [1.807, 2.05) is 35.7 Å². The molecule has 9 heteroatoms. The molecule has 33 heavy (non-hydrogen) atoms. The molecule has 1 aliphatic rings. The van der Waals surface area contributed by atoms with Gasteiger partial charge in [-0.15, -0.1) is 0 Å². The standard InChI is InChI=1S/C24H26N2O6S/c1-17-20(9-10-22(27)31-2)26-11-4-3-8-21(26)23(17)24(28)18-6-5-7-19(16-18)33(29,30)25-12-14-32-15-13-25/h3-8,11,16H,9-10,12-15H2,1-2H3. The summed E-state index contributed by atoms with van der Waals surface area (Å²) < 4.78 is 39.4. The predicted molar refractivity (Wildman–Crippen MR) is 122 cm³/mol. The summed E-state index contributed by atoms with van der Waals surface area (Å²) in [6.45, 7) is 3.12. The number of fused-ring (bicyclic) bond motifs is 1. The number of aromatic nitrogens is 1. The summed E-state index contributed by atoms with van der Waals surface area (Å²) >= 11 is 0. The Balaban J connectivity index is 1.73. The summed E-state index contributed by atoms with van der Waals surface area (Å²) in [5, 5.41) is 0. The van der Waals surface area contributed by atoms with Crippen LogP contribution in [0.1, 0.15) is 33.6 Å². The summed E-state index contributed by atoms with van der Waals surface area (Å²) in [7, 11) is -2.38. The molecule has 0 atom stereocenters. The highest BCUT2D eigenvalue weighted by molar-refractivity contribution is 7.89. The second-order valence-corrected chi connectivity index (χ2v) is 9.79. The van der Waals surface area contributed by atoms with Crippen LogP contribution in [0.2, 0.25) is 0 Å². The maximum absolute atomic E-state index is 13.6. The molecular weight excluding hydrogens is 444 g/mol. The van der Waals surface area contributed by atoms with Gasteiger partial charge in [0.1, 0.15) is 0 Å². The zero-order valence-electron chi connectivity index (χ0n) is 18.6. The summed E-state index contributed by atoms with van der Waals surface area (Å²) in [5.74, 6) is -0.589. The monoisotopic (exact) mass is 470 g/mol. The molecule has 1 aromatic carbocycles. The second-order valence-electron chi connectivity index (χ2n) is 7.85. The highest BCUT2D eigenvalue weighted by Crippen LogP contribution is 2.28. The number of carbonyl (C=O) groups excluding carboxylic acids is 2. The van der Waals surface area contributed by atoms with Gasteiger partial charge in [-0.3, -0.25) is 9.59 Å². The molecule has 4 rings (SSSR count). The fourth-order valence-electron chi connectivity index (χ4n) is 4.19. The summed E-state index contributed by atoms with van der Waals surface area (Å²) in [6.07, 6.45) is 2.46. The van der Waals surface area contributed by atoms with Crippen molar-refractivity contribution < 1.29 is 27.5 Å². The zero-order valence-corrected chi connectivity index (χ0v) is 19.4. The van der Waals surface area contributed by atoms with Gasteiger partial charge < -0.3 is 13.9 Å². The number of pyridine rings is 1. The number of ketones is 1. The maximum atomic E-state index is 13.6. The van der Waals surface area contributed by atoms with E-state index in [1.165, 1.54) is 23.5 Å². The van der Waals surface area contributed by atoms with Gasteiger partial charge in [0.05, 0.1) is 42.7 Å². The molecule has 1 fully saturated rings. The number of hydrogen-bond acceptors (Lipinski definition) is 6. The molecule has 0 bridgehead atoms. The van der Waals surface area contributed by atoms with Crippen LogP contribution in [0.15, 0.2) is 53.6 Å². The van der Waals surface area contributed by atoms with Crippen LogP contribution in [0.25, 0.3) is 5.52 Å². The van der Waals surface area contributed by atoms with Crippen LogP contribution in [0.4, 0.5) is 0 Å². The van der Waals surface area contributed by atoms with E-state index >= 15 is 0 Å². The number of sulfonamides is 1. The molecule has 3 heterocycles. The lowest BCUT2D eigenvalue weighted by Crippen LogP contribution is -2.40. The molecule has 0 N–H and O–H groups in total. The molecule has 1 aliphatic heterocycles.